The summed E-state index contributed by atoms with van der Waals surface area (Å²) in [5.74, 6) is 0.402. The molecule has 1 atom stereocenters. The van der Waals surface area contributed by atoms with Crippen molar-refractivity contribution in [1.82, 2.24) is 0 Å². The van der Waals surface area contributed by atoms with Gasteiger partial charge in [-0.3, -0.25) is 4.79 Å². The van der Waals surface area contributed by atoms with E-state index in [1.807, 2.05) is 0 Å². The summed E-state index contributed by atoms with van der Waals surface area (Å²) in [7, 11) is 0. The molecule has 0 aliphatic carbocycles. The number of carboxylic acids is 1. The van der Waals surface area contributed by atoms with E-state index in [0.29, 0.717) is 33.9 Å². The molecule has 1 rings (SSSR count). The molecule has 7 heteroatoms. The lowest BCUT2D eigenvalue weighted by molar-refractivity contribution is -0.137. The van der Waals surface area contributed by atoms with Crippen LogP contribution in [-0.4, -0.2) is 35.2 Å². The van der Waals surface area contributed by atoms with Gasteiger partial charge in [0, 0.05) is 11.5 Å². The van der Waals surface area contributed by atoms with Gasteiger partial charge in [-0.05, 0) is 12.1 Å². The second-order valence-electron chi connectivity index (χ2n) is 3.42. The van der Waals surface area contributed by atoms with Crippen molar-refractivity contribution in [2.75, 3.05) is 18.1 Å². The monoisotopic (exact) mass is 309 g/mol. The highest BCUT2D eigenvalue weighted by Gasteiger charge is 2.11. The predicted octanol–water partition coefficient (Wildman–Crippen LogP) is 2.52. The maximum Gasteiger partial charge on any atom is 0.321 e. The predicted molar refractivity (Wildman–Crippen MR) is 74.9 cm³/mol. The van der Waals surface area contributed by atoms with Gasteiger partial charge in [0.05, 0.1) is 16.7 Å². The zero-order chi connectivity index (χ0) is 13.5. The van der Waals surface area contributed by atoms with E-state index in [2.05, 4.69) is 0 Å². The van der Waals surface area contributed by atoms with Crippen LogP contribution in [0.15, 0.2) is 18.2 Å². The quantitative estimate of drug-likeness (QED) is 0.757. The number of hydrogen-bond donors (Lipinski definition) is 2. The molecule has 1 aromatic rings. The first-order valence-electron chi connectivity index (χ1n) is 5.15. The summed E-state index contributed by atoms with van der Waals surface area (Å²) in [6, 6.07) is 4.27. The van der Waals surface area contributed by atoms with Gasteiger partial charge >= 0.3 is 5.97 Å². The van der Waals surface area contributed by atoms with E-state index in [-0.39, 0.29) is 0 Å². The highest BCUT2D eigenvalue weighted by Crippen LogP contribution is 2.32. The first kappa shape index (κ1) is 15.4. The molecule has 0 fully saturated rings. The number of ether oxygens (including phenoxy) is 1. The molecule has 0 aliphatic rings. The van der Waals surface area contributed by atoms with E-state index in [0.717, 1.165) is 0 Å². The van der Waals surface area contributed by atoms with E-state index in [1.165, 1.54) is 11.8 Å². The number of carboxylic acid groups (broad SMARTS) is 1. The number of halogens is 2. The van der Waals surface area contributed by atoms with Crippen LogP contribution in [0.4, 0.5) is 0 Å². The van der Waals surface area contributed by atoms with Gasteiger partial charge in [-0.1, -0.05) is 29.3 Å². The molecule has 0 saturated carbocycles. The van der Waals surface area contributed by atoms with Gasteiger partial charge in [-0.2, -0.15) is 11.8 Å². The van der Waals surface area contributed by atoms with Crippen LogP contribution >= 0.6 is 35.0 Å². The van der Waals surface area contributed by atoms with Crippen molar-refractivity contribution in [3.05, 3.63) is 28.2 Å². The fraction of sp³-hybridized carbons (Fsp3) is 0.364. The average molecular weight is 310 g/mol. The highest BCUT2D eigenvalue weighted by molar-refractivity contribution is 7.99. The number of benzene rings is 1. The average Bonchev–Trinajstić information content (AvgIpc) is 2.31. The van der Waals surface area contributed by atoms with Crippen molar-refractivity contribution >= 4 is 40.9 Å². The molecule has 1 aromatic carbocycles. The standard InChI is InChI=1S/C11H13Cl2NO3S/c12-7-2-1-3-8(13)10(7)17-4-5-18-6-9(14)11(15)16/h1-3,9H,4-6,14H2,(H,15,16). The van der Waals surface area contributed by atoms with Crippen LogP contribution in [0.2, 0.25) is 10.0 Å². The fourth-order valence-corrected chi connectivity index (χ4v) is 2.38. The number of aliphatic carboxylic acids is 1. The Morgan fingerprint density at radius 3 is 2.61 bits per heavy atom. The van der Waals surface area contributed by atoms with Crippen LogP contribution in [-0.2, 0) is 4.79 Å². The third kappa shape index (κ3) is 4.94. The van der Waals surface area contributed by atoms with Gasteiger partial charge in [0.1, 0.15) is 6.04 Å². The molecule has 0 amide bonds. The number of para-hydroxylation sites is 1. The lowest BCUT2D eigenvalue weighted by Crippen LogP contribution is -2.32. The summed E-state index contributed by atoms with van der Waals surface area (Å²) in [5, 5.41) is 9.49. The van der Waals surface area contributed by atoms with Crippen LogP contribution in [0.25, 0.3) is 0 Å². The van der Waals surface area contributed by atoms with Gasteiger partial charge in [0.25, 0.3) is 0 Å². The molecule has 0 saturated heterocycles. The van der Waals surface area contributed by atoms with Crippen molar-refractivity contribution in [2.24, 2.45) is 5.73 Å². The third-order valence-electron chi connectivity index (χ3n) is 2.01. The van der Waals surface area contributed by atoms with Crippen molar-refractivity contribution in [3.8, 4) is 5.75 Å². The number of thioether (sulfide) groups is 1. The van der Waals surface area contributed by atoms with Crippen LogP contribution in [0.5, 0.6) is 5.75 Å². The van der Waals surface area contributed by atoms with E-state index >= 15 is 0 Å². The molecule has 1 unspecified atom stereocenters. The van der Waals surface area contributed by atoms with Gasteiger partial charge in [-0.25, -0.2) is 0 Å². The van der Waals surface area contributed by atoms with Crippen molar-refractivity contribution < 1.29 is 14.6 Å². The van der Waals surface area contributed by atoms with Gasteiger partial charge in [-0.15, -0.1) is 0 Å². The van der Waals surface area contributed by atoms with E-state index < -0.39 is 12.0 Å². The Balaban J connectivity index is 2.28. The third-order valence-corrected chi connectivity index (χ3v) is 3.65. The van der Waals surface area contributed by atoms with Crippen molar-refractivity contribution in [3.63, 3.8) is 0 Å². The Labute approximate surface area is 119 Å². The fourth-order valence-electron chi connectivity index (χ4n) is 1.10. The van der Waals surface area contributed by atoms with Gasteiger partial charge in [0.2, 0.25) is 0 Å². The Kier molecular flexibility index (Phi) is 6.63. The Morgan fingerprint density at radius 2 is 2.06 bits per heavy atom. The van der Waals surface area contributed by atoms with Crippen LogP contribution in [0.1, 0.15) is 0 Å². The van der Waals surface area contributed by atoms with Crippen LogP contribution < -0.4 is 10.5 Å². The number of rotatable bonds is 7. The van der Waals surface area contributed by atoms with E-state index in [4.69, 9.17) is 38.8 Å². The van der Waals surface area contributed by atoms with Gasteiger partial charge < -0.3 is 15.6 Å². The lowest BCUT2D eigenvalue weighted by Gasteiger charge is -2.10. The summed E-state index contributed by atoms with van der Waals surface area (Å²) in [6.07, 6.45) is 0. The minimum absolute atomic E-state index is 0.342. The smallest absolute Gasteiger partial charge is 0.321 e. The molecule has 0 radical (unpaired) electrons. The Morgan fingerprint density at radius 1 is 1.44 bits per heavy atom. The summed E-state index contributed by atoms with van der Waals surface area (Å²) < 4.78 is 5.44. The zero-order valence-electron chi connectivity index (χ0n) is 9.44. The summed E-state index contributed by atoms with van der Waals surface area (Å²) in [4.78, 5) is 10.5. The Hall–Kier alpha value is -0.620. The summed E-state index contributed by atoms with van der Waals surface area (Å²) in [5.41, 5.74) is 5.35. The molecule has 0 aromatic heterocycles. The summed E-state index contributed by atoms with van der Waals surface area (Å²) >= 11 is 13.2. The number of hydrogen-bond acceptors (Lipinski definition) is 4. The molecular weight excluding hydrogens is 297 g/mol. The maximum atomic E-state index is 10.5. The first-order valence-corrected chi connectivity index (χ1v) is 7.06. The molecular formula is C11H13Cl2NO3S. The molecule has 0 spiro atoms. The first-order chi connectivity index (χ1) is 8.52. The van der Waals surface area contributed by atoms with Crippen molar-refractivity contribution in [2.45, 2.75) is 6.04 Å². The highest BCUT2D eigenvalue weighted by atomic mass is 35.5. The molecule has 4 nitrogen and oxygen atoms in total. The second kappa shape index (κ2) is 7.74. The SMILES string of the molecule is NC(CSCCOc1c(Cl)cccc1Cl)C(=O)O. The van der Waals surface area contributed by atoms with E-state index in [1.54, 1.807) is 18.2 Å². The summed E-state index contributed by atoms with van der Waals surface area (Å²) in [6.45, 7) is 0.389. The second-order valence-corrected chi connectivity index (χ2v) is 5.38. The molecule has 0 heterocycles. The molecule has 3 N–H and O–H groups in total. The minimum atomic E-state index is -1.00. The Bertz CT molecular complexity index is 397. The van der Waals surface area contributed by atoms with E-state index in [9.17, 15) is 4.79 Å². The van der Waals surface area contributed by atoms with Crippen molar-refractivity contribution in [1.29, 1.82) is 0 Å². The topological polar surface area (TPSA) is 72.5 Å². The maximum absolute atomic E-state index is 10.5. The normalized spacial score (nSPS) is 12.2. The number of nitrogens with two attached hydrogens (primary N) is 1. The van der Waals surface area contributed by atoms with Crippen LogP contribution in [0, 0.1) is 0 Å². The molecule has 0 aliphatic heterocycles. The number of carbonyl (C=O) groups is 1. The zero-order valence-corrected chi connectivity index (χ0v) is 11.8. The molecule has 0 bridgehead atoms. The largest absolute Gasteiger partial charge is 0.490 e. The molecule has 18 heavy (non-hydrogen) atoms. The lowest BCUT2D eigenvalue weighted by atomic mass is 10.3. The van der Waals surface area contributed by atoms with Crippen LogP contribution in [0.3, 0.4) is 0 Å². The minimum Gasteiger partial charge on any atom is -0.490 e. The molecule has 100 valence electrons. The van der Waals surface area contributed by atoms with Gasteiger partial charge in [0.15, 0.2) is 5.75 Å².